The second-order valence-corrected chi connectivity index (χ2v) is 4.93. The smallest absolute Gasteiger partial charge is 0.243 e. The predicted molar refractivity (Wildman–Crippen MR) is 76.7 cm³/mol. The molecule has 19 heavy (non-hydrogen) atoms. The van der Waals surface area contributed by atoms with Gasteiger partial charge in [0.05, 0.1) is 18.8 Å². The van der Waals surface area contributed by atoms with Crippen LogP contribution < -0.4 is 15.0 Å². The van der Waals surface area contributed by atoms with E-state index in [-0.39, 0.29) is 11.9 Å². The molecule has 1 aliphatic rings. The summed E-state index contributed by atoms with van der Waals surface area (Å²) in [5.74, 6) is 0.846. The number of para-hydroxylation sites is 2. The molecule has 1 aromatic carbocycles. The highest BCUT2D eigenvalue weighted by Gasteiger charge is 2.24. The van der Waals surface area contributed by atoms with E-state index in [2.05, 4.69) is 5.32 Å². The number of nitrogens with one attached hydrogen (secondary N) is 1. The fraction of sp³-hybridized carbons (Fsp3) is 0.533. The first-order valence-corrected chi connectivity index (χ1v) is 6.88. The molecular formula is C15H22N2O2. The lowest BCUT2D eigenvalue weighted by Crippen LogP contribution is -2.44. The fourth-order valence-electron chi connectivity index (χ4n) is 2.50. The van der Waals surface area contributed by atoms with Gasteiger partial charge in [0, 0.05) is 7.05 Å². The second kappa shape index (κ2) is 6.57. The van der Waals surface area contributed by atoms with Crippen LogP contribution in [0.5, 0.6) is 5.75 Å². The molecule has 0 aliphatic carbocycles. The molecule has 104 valence electrons. The van der Waals surface area contributed by atoms with Gasteiger partial charge in [-0.05, 0) is 31.5 Å². The maximum Gasteiger partial charge on any atom is 0.243 e. The summed E-state index contributed by atoms with van der Waals surface area (Å²) in [4.78, 5) is 14.2. The van der Waals surface area contributed by atoms with Gasteiger partial charge in [-0.25, -0.2) is 0 Å². The number of hydrogen-bond acceptors (Lipinski definition) is 3. The first-order valence-electron chi connectivity index (χ1n) is 6.88. The monoisotopic (exact) mass is 262 g/mol. The van der Waals surface area contributed by atoms with Gasteiger partial charge in [0.15, 0.2) is 0 Å². The number of nitrogens with zero attached hydrogens (tertiary/aromatic N) is 1. The van der Waals surface area contributed by atoms with E-state index >= 15 is 0 Å². The Kier molecular flexibility index (Phi) is 4.80. The topological polar surface area (TPSA) is 41.6 Å². The van der Waals surface area contributed by atoms with Gasteiger partial charge in [-0.1, -0.05) is 25.0 Å². The molecule has 1 fully saturated rings. The van der Waals surface area contributed by atoms with Crippen molar-refractivity contribution in [2.75, 3.05) is 25.6 Å². The van der Waals surface area contributed by atoms with Gasteiger partial charge < -0.3 is 15.0 Å². The van der Waals surface area contributed by atoms with Crippen LogP contribution in [0.2, 0.25) is 0 Å². The van der Waals surface area contributed by atoms with Crippen molar-refractivity contribution in [2.45, 2.75) is 31.7 Å². The SMILES string of the molecule is COc1ccccc1N(C)C(=O)C1CCCCCN1. The lowest BCUT2D eigenvalue weighted by Gasteiger charge is -2.24. The van der Waals surface area contributed by atoms with Crippen LogP contribution in [-0.4, -0.2) is 32.7 Å². The Morgan fingerprint density at radius 3 is 2.89 bits per heavy atom. The third-order valence-corrected chi connectivity index (χ3v) is 3.64. The van der Waals surface area contributed by atoms with E-state index in [4.69, 9.17) is 4.74 Å². The lowest BCUT2D eigenvalue weighted by atomic mass is 10.1. The van der Waals surface area contributed by atoms with Crippen molar-refractivity contribution in [1.82, 2.24) is 5.32 Å². The summed E-state index contributed by atoms with van der Waals surface area (Å²) >= 11 is 0. The zero-order valence-electron chi connectivity index (χ0n) is 11.7. The van der Waals surface area contributed by atoms with Crippen LogP contribution in [0.3, 0.4) is 0 Å². The van der Waals surface area contributed by atoms with Crippen LogP contribution in [0.15, 0.2) is 24.3 Å². The van der Waals surface area contributed by atoms with Gasteiger partial charge in [0.1, 0.15) is 5.75 Å². The van der Waals surface area contributed by atoms with Crippen molar-refractivity contribution < 1.29 is 9.53 Å². The molecule has 1 amide bonds. The van der Waals surface area contributed by atoms with E-state index < -0.39 is 0 Å². The molecule has 1 heterocycles. The van der Waals surface area contributed by atoms with E-state index in [1.165, 1.54) is 6.42 Å². The highest BCUT2D eigenvalue weighted by molar-refractivity contribution is 5.97. The minimum Gasteiger partial charge on any atom is -0.495 e. The Bertz CT molecular complexity index is 426. The maximum absolute atomic E-state index is 12.5. The number of carbonyl (C=O) groups excluding carboxylic acids is 1. The molecule has 1 aliphatic heterocycles. The molecule has 4 heteroatoms. The van der Waals surface area contributed by atoms with Crippen LogP contribution >= 0.6 is 0 Å². The van der Waals surface area contributed by atoms with Crippen molar-refractivity contribution in [1.29, 1.82) is 0 Å². The average molecular weight is 262 g/mol. The second-order valence-electron chi connectivity index (χ2n) is 4.93. The van der Waals surface area contributed by atoms with Crippen molar-refractivity contribution in [2.24, 2.45) is 0 Å². The molecule has 0 spiro atoms. The number of rotatable bonds is 3. The van der Waals surface area contributed by atoms with Crippen LogP contribution in [-0.2, 0) is 4.79 Å². The van der Waals surface area contributed by atoms with Crippen molar-refractivity contribution >= 4 is 11.6 Å². The Hall–Kier alpha value is -1.55. The van der Waals surface area contributed by atoms with Crippen molar-refractivity contribution in [3.63, 3.8) is 0 Å². The van der Waals surface area contributed by atoms with Crippen LogP contribution in [0, 0.1) is 0 Å². The Morgan fingerprint density at radius 1 is 1.32 bits per heavy atom. The fourth-order valence-corrected chi connectivity index (χ4v) is 2.50. The zero-order valence-corrected chi connectivity index (χ0v) is 11.7. The summed E-state index contributed by atoms with van der Waals surface area (Å²) in [6.07, 6.45) is 4.39. The molecule has 1 aromatic rings. The number of likely N-dealkylation sites (N-methyl/N-ethyl adjacent to an activating group) is 1. The Labute approximate surface area is 114 Å². The molecule has 1 N–H and O–H groups in total. The Balaban J connectivity index is 2.13. The van der Waals surface area contributed by atoms with Crippen molar-refractivity contribution in [3.05, 3.63) is 24.3 Å². The van der Waals surface area contributed by atoms with E-state index in [0.29, 0.717) is 0 Å². The molecule has 1 unspecified atom stereocenters. The highest BCUT2D eigenvalue weighted by Crippen LogP contribution is 2.27. The van der Waals surface area contributed by atoms with Crippen molar-refractivity contribution in [3.8, 4) is 5.75 Å². The van der Waals surface area contributed by atoms with Gasteiger partial charge in [0.25, 0.3) is 0 Å². The predicted octanol–water partition coefficient (Wildman–Crippen LogP) is 2.19. The number of carbonyl (C=O) groups is 1. The number of methoxy groups -OCH3 is 1. The van der Waals surface area contributed by atoms with Gasteiger partial charge >= 0.3 is 0 Å². The minimum absolute atomic E-state index is 0.0718. The van der Waals surface area contributed by atoms with Crippen LogP contribution in [0.25, 0.3) is 0 Å². The number of ether oxygens (including phenoxy) is 1. The molecule has 0 bridgehead atoms. The Morgan fingerprint density at radius 2 is 2.11 bits per heavy atom. The number of hydrogen-bond donors (Lipinski definition) is 1. The molecule has 0 saturated carbocycles. The first-order chi connectivity index (χ1) is 9.24. The summed E-state index contributed by atoms with van der Waals surface area (Å²) in [5.41, 5.74) is 0.820. The summed E-state index contributed by atoms with van der Waals surface area (Å²) in [7, 11) is 3.44. The number of anilines is 1. The first kappa shape index (κ1) is 13.9. The zero-order chi connectivity index (χ0) is 13.7. The average Bonchev–Trinajstić information content (AvgIpc) is 2.74. The molecule has 1 saturated heterocycles. The summed E-state index contributed by atoms with van der Waals surface area (Å²) < 4.78 is 5.31. The van der Waals surface area contributed by atoms with E-state index in [9.17, 15) is 4.79 Å². The minimum atomic E-state index is -0.0718. The summed E-state index contributed by atoms with van der Waals surface area (Å²) in [5, 5.41) is 3.34. The largest absolute Gasteiger partial charge is 0.495 e. The third kappa shape index (κ3) is 3.26. The number of amides is 1. The highest BCUT2D eigenvalue weighted by atomic mass is 16.5. The van der Waals surface area contributed by atoms with Gasteiger partial charge in [-0.3, -0.25) is 4.79 Å². The summed E-state index contributed by atoms with van der Waals surface area (Å²) in [6.45, 7) is 0.927. The quantitative estimate of drug-likeness (QED) is 0.908. The van der Waals surface area contributed by atoms with E-state index in [0.717, 1.165) is 37.2 Å². The molecule has 4 nitrogen and oxygen atoms in total. The van der Waals surface area contributed by atoms with Gasteiger partial charge in [0.2, 0.25) is 5.91 Å². The molecule has 0 aromatic heterocycles. The van der Waals surface area contributed by atoms with E-state index in [1.807, 2.05) is 31.3 Å². The number of benzene rings is 1. The van der Waals surface area contributed by atoms with E-state index in [1.54, 1.807) is 12.0 Å². The van der Waals surface area contributed by atoms with Gasteiger partial charge in [-0.15, -0.1) is 0 Å². The molecular weight excluding hydrogens is 240 g/mol. The van der Waals surface area contributed by atoms with Crippen LogP contribution in [0.4, 0.5) is 5.69 Å². The molecule has 0 radical (unpaired) electrons. The normalized spacial score (nSPS) is 19.6. The standard InChI is InChI=1S/C15H22N2O2/c1-17(13-9-5-6-10-14(13)19-2)15(18)12-8-4-3-7-11-16-12/h5-6,9-10,12,16H,3-4,7-8,11H2,1-2H3. The lowest BCUT2D eigenvalue weighted by molar-refractivity contribution is -0.120. The van der Waals surface area contributed by atoms with Crippen LogP contribution in [0.1, 0.15) is 25.7 Å². The van der Waals surface area contributed by atoms with Gasteiger partial charge in [-0.2, -0.15) is 0 Å². The summed E-state index contributed by atoms with van der Waals surface area (Å²) in [6, 6.07) is 7.54. The maximum atomic E-state index is 12.5. The third-order valence-electron chi connectivity index (χ3n) is 3.64. The molecule has 1 atom stereocenters. The molecule has 2 rings (SSSR count).